The second-order valence-electron chi connectivity index (χ2n) is 7.51. The Morgan fingerprint density at radius 3 is 2.33 bits per heavy atom. The first kappa shape index (κ1) is 22.0. The molecule has 0 bridgehead atoms. The number of esters is 1. The highest BCUT2D eigenvalue weighted by molar-refractivity contribution is 5.95. The first-order valence-corrected chi connectivity index (χ1v) is 10.4. The molecule has 7 nitrogen and oxygen atoms in total. The van der Waals surface area contributed by atoms with Gasteiger partial charge in [-0.05, 0) is 36.8 Å². The molecule has 1 amide bonds. The molecule has 4 aromatic rings. The minimum Gasteiger partial charge on any atom is -0.452 e. The molecule has 0 aliphatic carbocycles. The molecule has 0 aliphatic heterocycles. The maximum absolute atomic E-state index is 12.6. The number of aryl methyl sites for hydroxylation is 1. The smallest absolute Gasteiger partial charge is 0.338 e. The summed E-state index contributed by atoms with van der Waals surface area (Å²) in [5, 5.41) is 16.6. The summed E-state index contributed by atoms with van der Waals surface area (Å²) >= 11 is 0. The van der Waals surface area contributed by atoms with E-state index in [1.807, 2.05) is 61.5 Å². The fraction of sp³-hybridized carbons (Fsp3) is 0.115. The number of nitrogens with zero attached hydrogens (tertiary/aromatic N) is 2. The van der Waals surface area contributed by atoms with Crippen LogP contribution >= 0.6 is 0 Å². The zero-order chi connectivity index (χ0) is 23.2. The minimum atomic E-state index is -0.619. The number of benzene rings is 3. The molecule has 3 aromatic carbocycles. The van der Waals surface area contributed by atoms with Crippen molar-refractivity contribution in [3.63, 3.8) is 0 Å². The second-order valence-corrected chi connectivity index (χ2v) is 7.51. The van der Waals surface area contributed by atoms with Crippen molar-refractivity contribution in [3.05, 3.63) is 102 Å². The van der Waals surface area contributed by atoms with Crippen molar-refractivity contribution >= 4 is 17.7 Å². The van der Waals surface area contributed by atoms with E-state index in [2.05, 4.69) is 10.4 Å². The fourth-order valence-electron chi connectivity index (χ4n) is 3.24. The van der Waals surface area contributed by atoms with Crippen molar-refractivity contribution in [3.8, 4) is 16.9 Å². The normalized spacial score (nSPS) is 10.6. The Morgan fingerprint density at radius 1 is 0.970 bits per heavy atom. The summed E-state index contributed by atoms with van der Waals surface area (Å²) in [7, 11) is 0. The fourth-order valence-corrected chi connectivity index (χ4v) is 3.24. The summed E-state index contributed by atoms with van der Waals surface area (Å²) < 4.78 is 6.78. The average molecular weight is 441 g/mol. The van der Waals surface area contributed by atoms with Crippen LogP contribution in [0.4, 0.5) is 5.82 Å². The largest absolute Gasteiger partial charge is 0.452 e. The van der Waals surface area contributed by atoms with Crippen molar-refractivity contribution in [2.45, 2.75) is 13.5 Å². The van der Waals surface area contributed by atoms with Gasteiger partial charge in [-0.3, -0.25) is 4.79 Å². The van der Waals surface area contributed by atoms with Gasteiger partial charge in [-0.15, -0.1) is 0 Å². The van der Waals surface area contributed by atoms with Crippen molar-refractivity contribution in [1.82, 2.24) is 9.78 Å². The molecule has 0 fully saturated rings. The third-order valence-corrected chi connectivity index (χ3v) is 5.03. The lowest BCUT2D eigenvalue weighted by Gasteiger charge is -2.09. The van der Waals surface area contributed by atoms with E-state index in [0.29, 0.717) is 22.6 Å². The summed E-state index contributed by atoms with van der Waals surface area (Å²) in [6.07, 6.45) is 0. The lowest BCUT2D eigenvalue weighted by Crippen LogP contribution is -2.22. The van der Waals surface area contributed by atoms with Crippen LogP contribution in [0.1, 0.15) is 21.5 Å². The average Bonchev–Trinajstić information content (AvgIpc) is 3.27. The van der Waals surface area contributed by atoms with Crippen LogP contribution < -0.4 is 5.32 Å². The molecular weight excluding hydrogens is 418 g/mol. The summed E-state index contributed by atoms with van der Waals surface area (Å²) in [6.45, 7) is 1.46. The van der Waals surface area contributed by atoms with Gasteiger partial charge in [0, 0.05) is 11.6 Å². The Kier molecular flexibility index (Phi) is 6.61. The predicted octanol–water partition coefficient (Wildman–Crippen LogP) is 4.14. The minimum absolute atomic E-state index is 0.114. The SMILES string of the molecule is Cc1ccc(-c2cc(NC(=O)COC(=O)c3ccc(CO)cc3)n(-c3ccccc3)n2)cc1. The number of ether oxygens (including phenoxy) is 1. The van der Waals surface area contributed by atoms with E-state index in [-0.39, 0.29) is 6.61 Å². The molecule has 0 saturated carbocycles. The monoisotopic (exact) mass is 441 g/mol. The van der Waals surface area contributed by atoms with Crippen molar-refractivity contribution in [2.75, 3.05) is 11.9 Å². The van der Waals surface area contributed by atoms with Crippen LogP contribution in [-0.2, 0) is 16.1 Å². The van der Waals surface area contributed by atoms with E-state index in [9.17, 15) is 9.59 Å². The zero-order valence-electron chi connectivity index (χ0n) is 18.1. The van der Waals surface area contributed by atoms with E-state index in [0.717, 1.165) is 16.8 Å². The van der Waals surface area contributed by atoms with Gasteiger partial charge in [0.15, 0.2) is 6.61 Å². The van der Waals surface area contributed by atoms with Gasteiger partial charge in [0.25, 0.3) is 5.91 Å². The third-order valence-electron chi connectivity index (χ3n) is 5.03. The van der Waals surface area contributed by atoms with Crippen molar-refractivity contribution in [2.24, 2.45) is 0 Å². The van der Waals surface area contributed by atoms with E-state index in [1.165, 1.54) is 0 Å². The lowest BCUT2D eigenvalue weighted by molar-refractivity contribution is -0.119. The summed E-state index contributed by atoms with van der Waals surface area (Å²) in [5.74, 6) is -0.639. The van der Waals surface area contributed by atoms with Crippen LogP contribution in [0, 0.1) is 6.92 Å². The molecule has 166 valence electrons. The number of carbonyl (C=O) groups excluding carboxylic acids is 2. The second kappa shape index (κ2) is 9.93. The first-order valence-electron chi connectivity index (χ1n) is 10.4. The molecule has 0 saturated heterocycles. The molecule has 0 aliphatic rings. The molecular formula is C26H23N3O4. The number of amides is 1. The molecule has 2 N–H and O–H groups in total. The number of aliphatic hydroxyl groups excluding tert-OH is 1. The van der Waals surface area contributed by atoms with Crippen molar-refractivity contribution in [1.29, 1.82) is 0 Å². The summed E-state index contributed by atoms with van der Waals surface area (Å²) in [4.78, 5) is 24.8. The molecule has 4 rings (SSSR count). The van der Waals surface area contributed by atoms with Crippen LogP contribution in [0.25, 0.3) is 16.9 Å². The predicted molar refractivity (Wildman–Crippen MR) is 125 cm³/mol. The number of carbonyl (C=O) groups is 2. The maximum Gasteiger partial charge on any atom is 0.338 e. The Labute approximate surface area is 191 Å². The topological polar surface area (TPSA) is 93.5 Å². The molecule has 0 unspecified atom stereocenters. The van der Waals surface area contributed by atoms with Gasteiger partial charge < -0.3 is 15.2 Å². The number of hydrogen-bond donors (Lipinski definition) is 2. The number of para-hydroxylation sites is 1. The van der Waals surface area contributed by atoms with Crippen LogP contribution in [0.5, 0.6) is 0 Å². The number of aliphatic hydroxyl groups is 1. The van der Waals surface area contributed by atoms with Gasteiger partial charge in [-0.1, -0.05) is 60.2 Å². The number of rotatable bonds is 7. The maximum atomic E-state index is 12.6. The molecule has 1 aromatic heterocycles. The molecule has 7 heteroatoms. The van der Waals surface area contributed by atoms with Gasteiger partial charge in [0.1, 0.15) is 5.82 Å². The van der Waals surface area contributed by atoms with E-state index >= 15 is 0 Å². The Balaban J connectivity index is 1.50. The van der Waals surface area contributed by atoms with E-state index in [4.69, 9.17) is 9.84 Å². The van der Waals surface area contributed by atoms with Crippen LogP contribution in [0.2, 0.25) is 0 Å². The number of aromatic nitrogens is 2. The van der Waals surface area contributed by atoms with Crippen LogP contribution in [0.3, 0.4) is 0 Å². The first-order chi connectivity index (χ1) is 16.0. The Bertz CT molecular complexity index is 1250. The number of hydrogen-bond acceptors (Lipinski definition) is 5. The van der Waals surface area contributed by atoms with Crippen molar-refractivity contribution < 1.29 is 19.4 Å². The molecule has 0 atom stereocenters. The van der Waals surface area contributed by atoms with Gasteiger partial charge in [-0.2, -0.15) is 5.10 Å². The number of anilines is 1. The van der Waals surface area contributed by atoms with E-state index in [1.54, 1.807) is 35.0 Å². The summed E-state index contributed by atoms with van der Waals surface area (Å²) in [6, 6.07) is 25.5. The summed E-state index contributed by atoms with van der Waals surface area (Å²) in [5.41, 5.74) is 4.53. The Morgan fingerprint density at radius 2 is 1.67 bits per heavy atom. The zero-order valence-corrected chi connectivity index (χ0v) is 18.1. The molecule has 33 heavy (non-hydrogen) atoms. The molecule has 0 radical (unpaired) electrons. The van der Waals surface area contributed by atoms with Crippen LogP contribution in [-0.4, -0.2) is 33.4 Å². The highest BCUT2D eigenvalue weighted by Crippen LogP contribution is 2.25. The highest BCUT2D eigenvalue weighted by atomic mass is 16.5. The molecule has 1 heterocycles. The number of nitrogens with one attached hydrogen (secondary N) is 1. The van der Waals surface area contributed by atoms with Gasteiger partial charge in [-0.25, -0.2) is 9.48 Å². The van der Waals surface area contributed by atoms with Crippen LogP contribution in [0.15, 0.2) is 84.9 Å². The quantitative estimate of drug-likeness (QED) is 0.421. The van der Waals surface area contributed by atoms with Gasteiger partial charge in [0.2, 0.25) is 0 Å². The van der Waals surface area contributed by atoms with Gasteiger partial charge in [0.05, 0.1) is 23.6 Å². The standard InChI is InChI=1S/C26H23N3O4/c1-18-7-11-20(12-8-18)23-15-24(29(28-23)22-5-3-2-4-6-22)27-25(31)17-33-26(32)21-13-9-19(16-30)10-14-21/h2-15,30H,16-17H2,1H3,(H,27,31). The lowest BCUT2D eigenvalue weighted by atomic mass is 10.1. The Hall–Kier alpha value is -4.23. The third kappa shape index (κ3) is 5.34. The highest BCUT2D eigenvalue weighted by Gasteiger charge is 2.16. The van der Waals surface area contributed by atoms with E-state index < -0.39 is 18.5 Å². The molecule has 0 spiro atoms. The van der Waals surface area contributed by atoms with Gasteiger partial charge >= 0.3 is 5.97 Å².